The molecule has 1 unspecified atom stereocenters. The number of rotatable bonds is 6. The molecular weight excluding hydrogens is 276 g/mol. The molecule has 0 saturated heterocycles. The van der Waals surface area contributed by atoms with Crippen LogP contribution in [-0.4, -0.2) is 25.1 Å². The van der Waals surface area contributed by atoms with Crippen LogP contribution in [0.5, 0.6) is 5.75 Å². The minimum Gasteiger partial charge on any atom is -0.496 e. The maximum absolute atomic E-state index is 12.2. The van der Waals surface area contributed by atoms with Gasteiger partial charge in [-0.25, -0.2) is 0 Å². The molecule has 1 fully saturated rings. The van der Waals surface area contributed by atoms with Gasteiger partial charge in [-0.15, -0.1) is 0 Å². The van der Waals surface area contributed by atoms with E-state index in [-0.39, 0.29) is 5.91 Å². The van der Waals surface area contributed by atoms with Crippen LogP contribution in [0, 0.1) is 5.92 Å². The van der Waals surface area contributed by atoms with Gasteiger partial charge in [0, 0.05) is 18.5 Å². The Balaban J connectivity index is 1.78. The van der Waals surface area contributed by atoms with Crippen LogP contribution in [0.25, 0.3) is 0 Å². The summed E-state index contributed by atoms with van der Waals surface area (Å²) in [4.78, 5) is 12.2. The Morgan fingerprint density at radius 3 is 2.68 bits per heavy atom. The van der Waals surface area contributed by atoms with Crippen molar-refractivity contribution in [2.75, 3.05) is 7.11 Å². The van der Waals surface area contributed by atoms with Crippen LogP contribution in [0.3, 0.4) is 0 Å². The van der Waals surface area contributed by atoms with Gasteiger partial charge in [0.2, 0.25) is 5.91 Å². The highest BCUT2D eigenvalue weighted by Gasteiger charge is 2.21. The molecule has 0 aliphatic heterocycles. The van der Waals surface area contributed by atoms with Crippen molar-refractivity contribution >= 4 is 5.91 Å². The largest absolute Gasteiger partial charge is 0.496 e. The number of nitrogens with two attached hydrogens (primary N) is 1. The minimum atomic E-state index is 0.155. The third-order valence-corrected chi connectivity index (χ3v) is 4.43. The van der Waals surface area contributed by atoms with Crippen molar-refractivity contribution in [3.8, 4) is 5.75 Å². The van der Waals surface area contributed by atoms with Crippen LogP contribution < -0.4 is 15.8 Å². The molecule has 0 heterocycles. The fourth-order valence-electron chi connectivity index (χ4n) is 3.19. The Labute approximate surface area is 133 Å². The Bertz CT molecular complexity index is 482. The van der Waals surface area contributed by atoms with E-state index in [0.29, 0.717) is 24.4 Å². The molecule has 1 aromatic carbocycles. The van der Waals surface area contributed by atoms with E-state index in [4.69, 9.17) is 10.5 Å². The molecule has 0 aromatic heterocycles. The van der Waals surface area contributed by atoms with Crippen LogP contribution in [0.15, 0.2) is 24.3 Å². The van der Waals surface area contributed by atoms with Crippen LogP contribution >= 0.6 is 0 Å². The van der Waals surface area contributed by atoms with Gasteiger partial charge in [0.05, 0.1) is 7.11 Å². The van der Waals surface area contributed by atoms with E-state index < -0.39 is 0 Å². The maximum atomic E-state index is 12.2. The number of para-hydroxylation sites is 1. The van der Waals surface area contributed by atoms with E-state index in [2.05, 4.69) is 18.3 Å². The zero-order chi connectivity index (χ0) is 15.9. The number of hydrogen-bond acceptors (Lipinski definition) is 3. The van der Waals surface area contributed by atoms with Crippen LogP contribution in [-0.2, 0) is 11.2 Å². The lowest BCUT2D eigenvalue weighted by molar-refractivity contribution is -0.122. The highest BCUT2D eigenvalue weighted by Crippen LogP contribution is 2.22. The van der Waals surface area contributed by atoms with Crippen molar-refractivity contribution in [1.29, 1.82) is 0 Å². The molecule has 1 saturated carbocycles. The number of nitrogens with one attached hydrogen (secondary N) is 1. The number of ether oxygens (including phenoxy) is 1. The molecule has 22 heavy (non-hydrogen) atoms. The maximum Gasteiger partial charge on any atom is 0.220 e. The van der Waals surface area contributed by atoms with Gasteiger partial charge in [-0.2, -0.15) is 0 Å². The molecule has 0 spiro atoms. The predicted molar refractivity (Wildman–Crippen MR) is 88.9 cm³/mol. The second-order valence-electron chi connectivity index (χ2n) is 6.50. The number of carbonyl (C=O) groups is 1. The molecular formula is C18H28N2O2. The monoisotopic (exact) mass is 304 g/mol. The molecule has 1 aromatic rings. The average Bonchev–Trinajstić information content (AvgIpc) is 2.50. The highest BCUT2D eigenvalue weighted by molar-refractivity contribution is 5.76. The van der Waals surface area contributed by atoms with Gasteiger partial charge in [0.15, 0.2) is 0 Å². The van der Waals surface area contributed by atoms with Crippen LogP contribution in [0.1, 0.15) is 44.6 Å². The molecule has 1 atom stereocenters. The summed E-state index contributed by atoms with van der Waals surface area (Å²) in [5.41, 5.74) is 7.06. The zero-order valence-corrected chi connectivity index (χ0v) is 13.7. The van der Waals surface area contributed by atoms with Gasteiger partial charge < -0.3 is 15.8 Å². The molecule has 3 N–H and O–H groups in total. The first-order valence-corrected chi connectivity index (χ1v) is 8.25. The van der Waals surface area contributed by atoms with E-state index >= 15 is 0 Å². The van der Waals surface area contributed by atoms with E-state index in [1.54, 1.807) is 7.11 Å². The molecule has 4 heteroatoms. The van der Waals surface area contributed by atoms with E-state index in [9.17, 15) is 4.79 Å². The molecule has 122 valence electrons. The first-order chi connectivity index (χ1) is 10.6. The summed E-state index contributed by atoms with van der Waals surface area (Å²) in [6.07, 6.45) is 5.46. The number of hydrogen-bond donors (Lipinski definition) is 2. The van der Waals surface area contributed by atoms with Crippen LogP contribution in [0.4, 0.5) is 0 Å². The summed E-state index contributed by atoms with van der Waals surface area (Å²) in [5.74, 6) is 1.35. The van der Waals surface area contributed by atoms with E-state index in [0.717, 1.165) is 43.4 Å². The molecule has 1 aliphatic carbocycles. The van der Waals surface area contributed by atoms with Crippen molar-refractivity contribution in [2.45, 2.75) is 57.5 Å². The molecule has 0 radical (unpaired) electrons. The van der Waals surface area contributed by atoms with Gasteiger partial charge in [0.1, 0.15) is 5.75 Å². The fourth-order valence-corrected chi connectivity index (χ4v) is 3.19. The van der Waals surface area contributed by atoms with Crippen molar-refractivity contribution < 1.29 is 9.53 Å². The number of benzene rings is 1. The first-order valence-electron chi connectivity index (χ1n) is 8.25. The SMILES string of the molecule is COc1ccccc1CC(C)CC(=O)NC1CCC(N)CC1. The summed E-state index contributed by atoms with van der Waals surface area (Å²) in [5, 5.41) is 3.16. The van der Waals surface area contributed by atoms with E-state index in [1.165, 1.54) is 0 Å². The molecule has 1 amide bonds. The van der Waals surface area contributed by atoms with E-state index in [1.807, 2.05) is 18.2 Å². The summed E-state index contributed by atoms with van der Waals surface area (Å²) < 4.78 is 5.37. The standard InChI is InChI=1S/C18H28N2O2/c1-13(11-14-5-3-4-6-17(14)22-2)12-18(21)20-16-9-7-15(19)8-10-16/h3-6,13,15-16H,7-12,19H2,1-2H3,(H,20,21). The quantitative estimate of drug-likeness (QED) is 0.849. The average molecular weight is 304 g/mol. The summed E-state index contributed by atoms with van der Waals surface area (Å²) >= 11 is 0. The van der Waals surface area contributed by atoms with Gasteiger partial charge >= 0.3 is 0 Å². The van der Waals surface area contributed by atoms with Gasteiger partial charge in [-0.1, -0.05) is 25.1 Å². The Kier molecular flexibility index (Phi) is 6.25. The van der Waals surface area contributed by atoms with Gasteiger partial charge in [-0.3, -0.25) is 4.79 Å². The van der Waals surface area contributed by atoms with Crippen molar-refractivity contribution in [2.24, 2.45) is 11.7 Å². The van der Waals surface area contributed by atoms with Crippen molar-refractivity contribution in [3.05, 3.63) is 29.8 Å². The molecule has 1 aliphatic rings. The summed E-state index contributed by atoms with van der Waals surface area (Å²) in [7, 11) is 1.68. The van der Waals surface area contributed by atoms with Gasteiger partial charge in [0.25, 0.3) is 0 Å². The Hall–Kier alpha value is -1.55. The fraction of sp³-hybridized carbons (Fsp3) is 0.611. The third kappa shape index (κ3) is 5.02. The Morgan fingerprint density at radius 1 is 1.32 bits per heavy atom. The molecule has 0 bridgehead atoms. The lowest BCUT2D eigenvalue weighted by Gasteiger charge is -2.27. The molecule has 4 nitrogen and oxygen atoms in total. The lowest BCUT2D eigenvalue weighted by Crippen LogP contribution is -2.40. The normalized spacial score (nSPS) is 22.9. The predicted octanol–water partition coefficient (Wildman–Crippen LogP) is 2.65. The Morgan fingerprint density at radius 2 is 2.00 bits per heavy atom. The molecule has 2 rings (SSSR count). The first kappa shape index (κ1) is 16.8. The second-order valence-corrected chi connectivity index (χ2v) is 6.50. The lowest BCUT2D eigenvalue weighted by atomic mass is 9.91. The van der Waals surface area contributed by atoms with Crippen molar-refractivity contribution in [3.63, 3.8) is 0 Å². The topological polar surface area (TPSA) is 64.3 Å². The summed E-state index contributed by atoms with van der Waals surface area (Å²) in [6, 6.07) is 8.63. The summed E-state index contributed by atoms with van der Waals surface area (Å²) in [6.45, 7) is 2.11. The smallest absolute Gasteiger partial charge is 0.220 e. The minimum absolute atomic E-state index is 0.155. The number of amides is 1. The third-order valence-electron chi connectivity index (χ3n) is 4.43. The van der Waals surface area contributed by atoms with Gasteiger partial charge in [-0.05, 0) is 49.7 Å². The highest BCUT2D eigenvalue weighted by atomic mass is 16.5. The second kappa shape index (κ2) is 8.18. The van der Waals surface area contributed by atoms with Crippen molar-refractivity contribution in [1.82, 2.24) is 5.32 Å². The van der Waals surface area contributed by atoms with Crippen LogP contribution in [0.2, 0.25) is 0 Å². The number of carbonyl (C=O) groups excluding carboxylic acids is 1. The number of methoxy groups -OCH3 is 1. The zero-order valence-electron chi connectivity index (χ0n) is 13.7.